The lowest BCUT2D eigenvalue weighted by atomic mass is 10.2. The van der Waals surface area contributed by atoms with Gasteiger partial charge in [-0.25, -0.2) is 0 Å². The Bertz CT molecular complexity index is 438. The molecule has 4 nitrogen and oxygen atoms in total. The van der Waals surface area contributed by atoms with E-state index in [-0.39, 0.29) is 0 Å². The molecule has 1 aromatic rings. The minimum absolute atomic E-state index is 0.629. The Morgan fingerprint density at radius 1 is 1.09 bits per heavy atom. The van der Waals surface area contributed by atoms with Crippen LogP contribution in [0.15, 0.2) is 24.3 Å². The average molecular weight is 319 g/mol. The van der Waals surface area contributed by atoms with E-state index in [2.05, 4.69) is 66.8 Å². The molecule has 130 valence electrons. The first-order chi connectivity index (χ1) is 11.1. The standard InChI is InChI=1S/C19H33N3O/c1-5-16-23-19-8-6-18(7-9-19)22-14-12-21(13-15-22)11-10-20(4)17(2)3/h6-9,17H,5,10-16H2,1-4H3. The minimum atomic E-state index is 0.629. The van der Waals surface area contributed by atoms with Gasteiger partial charge in [0, 0.05) is 51.0 Å². The van der Waals surface area contributed by atoms with Crippen molar-refractivity contribution in [2.24, 2.45) is 0 Å². The van der Waals surface area contributed by atoms with Gasteiger partial charge in [0.15, 0.2) is 0 Å². The monoisotopic (exact) mass is 319 g/mol. The number of rotatable bonds is 8. The highest BCUT2D eigenvalue weighted by molar-refractivity contribution is 5.49. The molecule has 1 aromatic carbocycles. The van der Waals surface area contributed by atoms with Crippen LogP contribution in [0, 0.1) is 0 Å². The number of benzene rings is 1. The maximum Gasteiger partial charge on any atom is 0.119 e. The van der Waals surface area contributed by atoms with Gasteiger partial charge in [0.05, 0.1) is 6.61 Å². The molecular weight excluding hydrogens is 286 g/mol. The van der Waals surface area contributed by atoms with Crippen LogP contribution in [0.4, 0.5) is 5.69 Å². The fraction of sp³-hybridized carbons (Fsp3) is 0.684. The fourth-order valence-corrected chi connectivity index (χ4v) is 2.76. The summed E-state index contributed by atoms with van der Waals surface area (Å²) in [6.07, 6.45) is 1.05. The maximum absolute atomic E-state index is 5.66. The fourth-order valence-electron chi connectivity index (χ4n) is 2.76. The van der Waals surface area contributed by atoms with Gasteiger partial charge in [0.2, 0.25) is 0 Å². The lowest BCUT2D eigenvalue weighted by molar-refractivity contribution is 0.196. The van der Waals surface area contributed by atoms with Gasteiger partial charge >= 0.3 is 0 Å². The third-order valence-corrected chi connectivity index (χ3v) is 4.70. The molecule has 0 bridgehead atoms. The van der Waals surface area contributed by atoms with Crippen LogP contribution in [0.3, 0.4) is 0 Å². The summed E-state index contributed by atoms with van der Waals surface area (Å²) < 4.78 is 5.66. The van der Waals surface area contributed by atoms with Crippen LogP contribution in [0.2, 0.25) is 0 Å². The molecule has 0 radical (unpaired) electrons. The third kappa shape index (κ3) is 5.70. The number of likely N-dealkylation sites (N-methyl/N-ethyl adjacent to an activating group) is 1. The molecule has 23 heavy (non-hydrogen) atoms. The van der Waals surface area contributed by atoms with Crippen LogP contribution in [0.1, 0.15) is 27.2 Å². The van der Waals surface area contributed by atoms with Crippen molar-refractivity contribution in [1.82, 2.24) is 9.80 Å². The quantitative estimate of drug-likeness (QED) is 0.733. The van der Waals surface area contributed by atoms with Crippen molar-refractivity contribution >= 4 is 5.69 Å². The van der Waals surface area contributed by atoms with E-state index in [0.29, 0.717) is 6.04 Å². The van der Waals surface area contributed by atoms with Crippen LogP contribution < -0.4 is 9.64 Å². The second kappa shape index (κ2) is 9.14. The summed E-state index contributed by atoms with van der Waals surface area (Å²) in [4.78, 5) is 7.47. The number of piperazine rings is 1. The first-order valence-electron chi connectivity index (χ1n) is 9.00. The highest BCUT2D eigenvalue weighted by Crippen LogP contribution is 2.20. The number of nitrogens with zero attached hydrogens (tertiary/aromatic N) is 3. The summed E-state index contributed by atoms with van der Waals surface area (Å²) in [5.41, 5.74) is 1.31. The normalized spacial score (nSPS) is 16.3. The van der Waals surface area contributed by atoms with Gasteiger partial charge in [-0.1, -0.05) is 6.92 Å². The molecule has 0 aromatic heterocycles. The van der Waals surface area contributed by atoms with Crippen LogP contribution in [-0.2, 0) is 0 Å². The maximum atomic E-state index is 5.66. The molecule has 4 heteroatoms. The predicted octanol–water partition coefficient (Wildman–Crippen LogP) is 2.94. The first kappa shape index (κ1) is 18.1. The SMILES string of the molecule is CCCOc1ccc(N2CCN(CCN(C)C(C)C)CC2)cc1. The predicted molar refractivity (Wildman–Crippen MR) is 98.6 cm³/mol. The Hall–Kier alpha value is -1.26. The summed E-state index contributed by atoms with van der Waals surface area (Å²) in [7, 11) is 2.21. The summed E-state index contributed by atoms with van der Waals surface area (Å²) in [5, 5.41) is 0. The van der Waals surface area contributed by atoms with Gasteiger partial charge in [0.25, 0.3) is 0 Å². The van der Waals surface area contributed by atoms with E-state index in [1.165, 1.54) is 12.2 Å². The van der Waals surface area contributed by atoms with Crippen molar-refractivity contribution in [2.75, 3.05) is 57.8 Å². The number of ether oxygens (including phenoxy) is 1. The van der Waals surface area contributed by atoms with Crippen molar-refractivity contribution in [3.8, 4) is 5.75 Å². The highest BCUT2D eigenvalue weighted by atomic mass is 16.5. The average Bonchev–Trinajstić information content (AvgIpc) is 2.58. The third-order valence-electron chi connectivity index (χ3n) is 4.70. The van der Waals surface area contributed by atoms with E-state index in [1.807, 2.05) is 0 Å². The second-order valence-electron chi connectivity index (χ2n) is 6.75. The van der Waals surface area contributed by atoms with Crippen molar-refractivity contribution in [3.05, 3.63) is 24.3 Å². The van der Waals surface area contributed by atoms with Crippen LogP contribution in [0.5, 0.6) is 5.75 Å². The summed E-state index contributed by atoms with van der Waals surface area (Å²) >= 11 is 0. The molecule has 1 aliphatic rings. The van der Waals surface area contributed by atoms with Gasteiger partial charge < -0.3 is 14.5 Å². The van der Waals surface area contributed by atoms with Crippen molar-refractivity contribution in [1.29, 1.82) is 0 Å². The summed E-state index contributed by atoms with van der Waals surface area (Å²) in [5.74, 6) is 0.978. The molecule has 0 unspecified atom stereocenters. The zero-order chi connectivity index (χ0) is 16.7. The lowest BCUT2D eigenvalue weighted by Gasteiger charge is -2.37. The van der Waals surface area contributed by atoms with Gasteiger partial charge in [-0.05, 0) is 51.6 Å². The van der Waals surface area contributed by atoms with E-state index < -0.39 is 0 Å². The van der Waals surface area contributed by atoms with E-state index >= 15 is 0 Å². The van der Waals surface area contributed by atoms with Crippen molar-refractivity contribution < 1.29 is 4.74 Å². The highest BCUT2D eigenvalue weighted by Gasteiger charge is 2.17. The zero-order valence-corrected chi connectivity index (χ0v) is 15.3. The molecule has 1 saturated heterocycles. The number of hydrogen-bond acceptors (Lipinski definition) is 4. The second-order valence-corrected chi connectivity index (χ2v) is 6.75. The summed E-state index contributed by atoms with van der Waals surface area (Å²) in [6.45, 7) is 14.3. The molecular formula is C19H33N3O. The van der Waals surface area contributed by atoms with Crippen molar-refractivity contribution in [2.45, 2.75) is 33.2 Å². The Morgan fingerprint density at radius 2 is 1.74 bits per heavy atom. The van der Waals surface area contributed by atoms with Crippen LogP contribution in [0.25, 0.3) is 0 Å². The molecule has 2 rings (SSSR count). The van der Waals surface area contributed by atoms with Crippen LogP contribution in [-0.4, -0.2) is 68.8 Å². The topological polar surface area (TPSA) is 19.0 Å². The zero-order valence-electron chi connectivity index (χ0n) is 15.3. The van der Waals surface area contributed by atoms with E-state index in [9.17, 15) is 0 Å². The van der Waals surface area contributed by atoms with E-state index in [4.69, 9.17) is 4.74 Å². The molecule has 0 atom stereocenters. The Labute approximate surface area is 142 Å². The molecule has 0 aliphatic carbocycles. The molecule has 1 heterocycles. The Kier molecular flexibility index (Phi) is 7.18. The Balaban J connectivity index is 1.75. The van der Waals surface area contributed by atoms with Crippen molar-refractivity contribution in [3.63, 3.8) is 0 Å². The van der Waals surface area contributed by atoms with Gasteiger partial charge in [0.1, 0.15) is 5.75 Å². The Morgan fingerprint density at radius 3 is 2.30 bits per heavy atom. The molecule has 1 fully saturated rings. The number of anilines is 1. The molecule has 0 N–H and O–H groups in total. The van der Waals surface area contributed by atoms with Gasteiger partial charge in [-0.3, -0.25) is 4.90 Å². The van der Waals surface area contributed by atoms with E-state index in [0.717, 1.165) is 51.5 Å². The number of hydrogen-bond donors (Lipinski definition) is 0. The van der Waals surface area contributed by atoms with Gasteiger partial charge in [-0.15, -0.1) is 0 Å². The smallest absolute Gasteiger partial charge is 0.119 e. The van der Waals surface area contributed by atoms with Gasteiger partial charge in [-0.2, -0.15) is 0 Å². The minimum Gasteiger partial charge on any atom is -0.494 e. The largest absolute Gasteiger partial charge is 0.494 e. The van der Waals surface area contributed by atoms with E-state index in [1.54, 1.807) is 0 Å². The molecule has 1 aliphatic heterocycles. The lowest BCUT2D eigenvalue weighted by Crippen LogP contribution is -2.48. The first-order valence-corrected chi connectivity index (χ1v) is 9.00. The summed E-state index contributed by atoms with van der Waals surface area (Å²) in [6, 6.07) is 9.19. The van der Waals surface area contributed by atoms with Crippen LogP contribution >= 0.6 is 0 Å². The molecule has 0 saturated carbocycles. The molecule has 0 amide bonds. The molecule has 0 spiro atoms.